The molecule has 1 heterocycles. The van der Waals surface area contributed by atoms with E-state index < -0.39 is 0 Å². The van der Waals surface area contributed by atoms with Gasteiger partial charge >= 0.3 is 0 Å². The Kier molecular flexibility index (Phi) is 1.60. The van der Waals surface area contributed by atoms with Crippen molar-refractivity contribution in [2.75, 3.05) is 0 Å². The van der Waals surface area contributed by atoms with Crippen molar-refractivity contribution in [3.8, 4) is 11.8 Å². The van der Waals surface area contributed by atoms with Gasteiger partial charge in [-0.25, -0.2) is 0 Å². The minimum Gasteiger partial charge on any atom is -0.494 e. The normalized spacial score (nSPS) is 36.5. The van der Waals surface area contributed by atoms with Crippen LogP contribution in [0.5, 0.6) is 11.8 Å². The highest BCUT2D eigenvalue weighted by Gasteiger charge is 2.53. The molecule has 86 valence electrons. The molecule has 0 saturated heterocycles. The molecule has 3 atom stereocenters. The number of Topliss-reactive ketones (excluding diaryl/α,β-unsaturated/α-hetero) is 1. The fourth-order valence-corrected chi connectivity index (χ4v) is 3.75. The van der Waals surface area contributed by atoms with Crippen molar-refractivity contribution in [2.45, 2.75) is 38.0 Å². The van der Waals surface area contributed by atoms with Crippen molar-refractivity contribution in [2.24, 2.45) is 5.92 Å². The van der Waals surface area contributed by atoms with E-state index in [1.807, 2.05) is 13.8 Å². The Morgan fingerprint density at radius 2 is 2.06 bits per heavy atom. The van der Waals surface area contributed by atoms with Crippen LogP contribution in [0.3, 0.4) is 0 Å². The number of fused-ring (bicyclic) bond motifs is 2. The minimum atomic E-state index is -0.317. The fourth-order valence-electron chi connectivity index (χ4n) is 3.75. The van der Waals surface area contributed by atoms with Crippen molar-refractivity contribution in [3.63, 3.8) is 0 Å². The van der Waals surface area contributed by atoms with Crippen LogP contribution in [0.25, 0.3) is 0 Å². The first kappa shape index (κ1) is 9.75. The summed E-state index contributed by atoms with van der Waals surface area (Å²) in [5.41, 5.74) is 1.07. The number of nitrogens with one attached hydrogen (secondary N) is 1. The molecule has 0 amide bonds. The Labute approximate surface area is 93.3 Å². The highest BCUT2D eigenvalue weighted by Crippen LogP contribution is 2.58. The van der Waals surface area contributed by atoms with Crippen LogP contribution in [0.15, 0.2) is 0 Å². The molecule has 1 aromatic heterocycles. The van der Waals surface area contributed by atoms with Gasteiger partial charge in [0.15, 0.2) is 11.8 Å². The monoisotopic (exact) mass is 221 g/mol. The number of ketones is 1. The van der Waals surface area contributed by atoms with Crippen LogP contribution in [0.1, 0.15) is 43.7 Å². The lowest BCUT2D eigenvalue weighted by Gasteiger charge is -2.46. The van der Waals surface area contributed by atoms with Gasteiger partial charge in [0, 0.05) is 23.0 Å². The summed E-state index contributed by atoms with van der Waals surface area (Å²) in [7, 11) is 0. The van der Waals surface area contributed by atoms with Crippen LogP contribution in [0.2, 0.25) is 0 Å². The number of aromatic amines is 1. The first-order valence-corrected chi connectivity index (χ1v) is 5.61. The van der Waals surface area contributed by atoms with Crippen LogP contribution in [0, 0.1) is 5.92 Å². The average Bonchev–Trinajstić information content (AvgIpc) is 2.41. The summed E-state index contributed by atoms with van der Waals surface area (Å²) in [6.07, 6.45) is 1.36. The van der Waals surface area contributed by atoms with Gasteiger partial charge in [0.1, 0.15) is 5.78 Å². The van der Waals surface area contributed by atoms with Gasteiger partial charge in [-0.2, -0.15) is 0 Å². The summed E-state index contributed by atoms with van der Waals surface area (Å²) < 4.78 is 0. The number of aromatic hydroxyl groups is 2. The van der Waals surface area contributed by atoms with Gasteiger partial charge in [0.25, 0.3) is 0 Å². The number of hydrogen-bond donors (Lipinski definition) is 3. The first-order chi connectivity index (χ1) is 7.44. The van der Waals surface area contributed by atoms with Crippen molar-refractivity contribution in [3.05, 3.63) is 11.1 Å². The smallest absolute Gasteiger partial charge is 0.195 e. The molecule has 0 radical (unpaired) electrons. The SMILES string of the molecule is CC1CC2(C)CC(=O)C1c1c(O)[nH]c(O)c12. The predicted octanol–water partition coefficient (Wildman–Crippen LogP) is 1.78. The summed E-state index contributed by atoms with van der Waals surface area (Å²) >= 11 is 0. The molecule has 4 nitrogen and oxygen atoms in total. The van der Waals surface area contributed by atoms with Crippen LogP contribution >= 0.6 is 0 Å². The number of carbonyl (C=O) groups is 1. The molecule has 0 aromatic carbocycles. The largest absolute Gasteiger partial charge is 0.494 e. The van der Waals surface area contributed by atoms with E-state index in [9.17, 15) is 15.0 Å². The van der Waals surface area contributed by atoms with Gasteiger partial charge in [-0.3, -0.25) is 9.78 Å². The summed E-state index contributed by atoms with van der Waals surface area (Å²) in [6.45, 7) is 4.02. The number of H-pyrrole nitrogens is 1. The molecule has 4 heteroatoms. The molecule has 1 fully saturated rings. The van der Waals surface area contributed by atoms with Crippen LogP contribution in [-0.4, -0.2) is 21.0 Å². The Morgan fingerprint density at radius 1 is 1.38 bits per heavy atom. The molecule has 16 heavy (non-hydrogen) atoms. The van der Waals surface area contributed by atoms with Crippen LogP contribution in [-0.2, 0) is 10.2 Å². The van der Waals surface area contributed by atoms with Gasteiger partial charge in [0.2, 0.25) is 0 Å². The third-order valence-corrected chi connectivity index (χ3v) is 4.17. The zero-order chi connectivity index (χ0) is 11.7. The van der Waals surface area contributed by atoms with Crippen molar-refractivity contribution in [1.82, 2.24) is 4.98 Å². The quantitative estimate of drug-likeness (QED) is 0.625. The van der Waals surface area contributed by atoms with Gasteiger partial charge in [-0.1, -0.05) is 13.8 Å². The third-order valence-electron chi connectivity index (χ3n) is 4.17. The van der Waals surface area contributed by atoms with E-state index in [4.69, 9.17) is 0 Å². The lowest BCUT2D eigenvalue weighted by Crippen LogP contribution is -2.44. The second kappa shape index (κ2) is 2.62. The number of aromatic nitrogens is 1. The van der Waals surface area contributed by atoms with Crippen molar-refractivity contribution in [1.29, 1.82) is 0 Å². The van der Waals surface area contributed by atoms with Crippen molar-refractivity contribution >= 4 is 5.78 Å². The van der Waals surface area contributed by atoms with E-state index in [-0.39, 0.29) is 34.8 Å². The zero-order valence-electron chi connectivity index (χ0n) is 9.37. The van der Waals surface area contributed by atoms with E-state index >= 15 is 0 Å². The molecule has 3 aliphatic carbocycles. The second-order valence-electron chi connectivity index (χ2n) is 5.47. The number of carbonyl (C=O) groups excluding carboxylic acids is 1. The molecule has 3 N–H and O–H groups in total. The zero-order valence-corrected chi connectivity index (χ0v) is 9.37. The number of rotatable bonds is 0. The molecular formula is C12H15NO3. The van der Waals surface area contributed by atoms with E-state index in [2.05, 4.69) is 4.98 Å². The van der Waals surface area contributed by atoms with Gasteiger partial charge < -0.3 is 10.2 Å². The predicted molar refractivity (Wildman–Crippen MR) is 57.6 cm³/mol. The van der Waals surface area contributed by atoms with E-state index in [1.165, 1.54) is 0 Å². The summed E-state index contributed by atoms with van der Waals surface area (Å²) in [4.78, 5) is 14.5. The summed E-state index contributed by atoms with van der Waals surface area (Å²) in [6, 6.07) is 0. The Morgan fingerprint density at radius 3 is 2.69 bits per heavy atom. The van der Waals surface area contributed by atoms with Gasteiger partial charge in [-0.15, -0.1) is 0 Å². The van der Waals surface area contributed by atoms with Crippen molar-refractivity contribution < 1.29 is 15.0 Å². The Balaban J connectivity index is 2.33. The minimum absolute atomic E-state index is 0.0272. The van der Waals surface area contributed by atoms with E-state index in [1.54, 1.807) is 0 Å². The molecule has 2 bridgehead atoms. The van der Waals surface area contributed by atoms with E-state index in [0.29, 0.717) is 12.0 Å². The molecule has 0 aliphatic heterocycles. The number of hydrogen-bond acceptors (Lipinski definition) is 3. The lowest BCUT2D eigenvalue weighted by molar-refractivity contribution is -0.126. The molecular weight excluding hydrogens is 206 g/mol. The Bertz CT molecular complexity index is 491. The fraction of sp³-hybridized carbons (Fsp3) is 0.583. The van der Waals surface area contributed by atoms with E-state index in [0.717, 1.165) is 12.0 Å². The Hall–Kier alpha value is -1.45. The van der Waals surface area contributed by atoms with Gasteiger partial charge in [-0.05, 0) is 12.3 Å². The molecule has 3 unspecified atom stereocenters. The second-order valence-corrected chi connectivity index (χ2v) is 5.47. The highest BCUT2D eigenvalue weighted by molar-refractivity contribution is 5.92. The standard InChI is InChI=1S/C12H15NO3/c1-5-3-12(2)4-6(14)7(5)8-9(12)11(16)13-10(8)15/h5,7,13,15-16H,3-4H2,1-2H3. The molecule has 4 rings (SSSR count). The van der Waals surface area contributed by atoms with Gasteiger partial charge in [0.05, 0.1) is 5.92 Å². The molecule has 0 spiro atoms. The summed E-state index contributed by atoms with van der Waals surface area (Å²) in [5.74, 6) is 0.166. The first-order valence-electron chi connectivity index (χ1n) is 5.61. The van der Waals surface area contributed by atoms with Crippen LogP contribution in [0.4, 0.5) is 0 Å². The topological polar surface area (TPSA) is 73.3 Å². The third kappa shape index (κ3) is 0.925. The molecule has 1 aromatic rings. The molecule has 3 aliphatic rings. The van der Waals surface area contributed by atoms with Crippen LogP contribution < -0.4 is 0 Å². The maximum absolute atomic E-state index is 12.0. The molecule has 1 saturated carbocycles. The average molecular weight is 221 g/mol. The lowest BCUT2D eigenvalue weighted by atomic mass is 9.55. The maximum atomic E-state index is 12.0. The maximum Gasteiger partial charge on any atom is 0.195 e. The highest BCUT2D eigenvalue weighted by atomic mass is 16.3. The summed E-state index contributed by atoms with van der Waals surface area (Å²) in [5, 5.41) is 19.6.